The highest BCUT2D eigenvalue weighted by atomic mass is 32.2. The van der Waals surface area contributed by atoms with Crippen molar-refractivity contribution in [2.45, 2.75) is 75.2 Å². The average molecular weight is 538 g/mol. The van der Waals surface area contributed by atoms with E-state index in [9.17, 15) is 8.42 Å². The lowest BCUT2D eigenvalue weighted by molar-refractivity contribution is -0.221. The second kappa shape index (κ2) is 11.3. The highest BCUT2D eigenvalue weighted by Gasteiger charge is 2.57. The number of fused-ring (bicyclic) bond motifs is 1. The predicted octanol–water partition coefficient (Wildman–Crippen LogP) is 4.39. The van der Waals surface area contributed by atoms with Crippen LogP contribution in [0.1, 0.15) is 30.5 Å². The average Bonchev–Trinajstić information content (AvgIpc) is 3.38. The first-order valence-electron chi connectivity index (χ1n) is 12.9. The fourth-order valence-corrected chi connectivity index (χ4v) is 6.50. The van der Waals surface area contributed by atoms with Gasteiger partial charge in [-0.2, -0.15) is 0 Å². The molecule has 2 heterocycles. The van der Waals surface area contributed by atoms with E-state index in [-0.39, 0.29) is 10.6 Å². The molecule has 38 heavy (non-hydrogen) atoms. The standard InChI is InChI=1S/C30H35NO6S/c1-21-14-16-24(17-15-21)38(32,33)20-25(31-18-22-10-6-4-7-11-22)26-27(34-19-23-12-8-5-9-13-23)28-29(35-26)37-30(2,3)36-28/h4-17,25-29,31H,18-20H2,1-3H3/t25-,26+,27+,28+,29+/m0/s1. The molecule has 2 saturated heterocycles. The second-order valence-corrected chi connectivity index (χ2v) is 12.4. The van der Waals surface area contributed by atoms with Crippen LogP contribution in [0.2, 0.25) is 0 Å². The van der Waals surface area contributed by atoms with Crippen LogP contribution in [0.25, 0.3) is 0 Å². The number of nitrogens with one attached hydrogen (secondary N) is 1. The number of rotatable bonds is 10. The lowest BCUT2D eigenvalue weighted by Gasteiger charge is -2.31. The topological polar surface area (TPSA) is 83.1 Å². The molecule has 0 aliphatic carbocycles. The molecule has 5 atom stereocenters. The Morgan fingerprint density at radius 3 is 2.18 bits per heavy atom. The molecular formula is C30H35NO6S. The Morgan fingerprint density at radius 1 is 0.895 bits per heavy atom. The van der Waals surface area contributed by atoms with E-state index >= 15 is 0 Å². The summed E-state index contributed by atoms with van der Waals surface area (Å²) in [5, 5.41) is 3.46. The van der Waals surface area contributed by atoms with Gasteiger partial charge >= 0.3 is 0 Å². The molecule has 0 amide bonds. The first kappa shape index (κ1) is 27.0. The van der Waals surface area contributed by atoms with Crippen LogP contribution in [-0.2, 0) is 41.9 Å². The Kier molecular flexibility index (Phi) is 8.00. The summed E-state index contributed by atoms with van der Waals surface area (Å²) in [6, 6.07) is 26.1. The maximum absolute atomic E-state index is 13.6. The van der Waals surface area contributed by atoms with Gasteiger partial charge in [-0.3, -0.25) is 0 Å². The molecule has 3 aromatic rings. The van der Waals surface area contributed by atoms with Crippen LogP contribution in [0.15, 0.2) is 89.8 Å². The van der Waals surface area contributed by atoms with E-state index in [1.807, 2.05) is 93.6 Å². The van der Waals surface area contributed by atoms with Crippen molar-refractivity contribution in [1.82, 2.24) is 5.32 Å². The number of aryl methyl sites for hydroxylation is 1. The van der Waals surface area contributed by atoms with Gasteiger partial charge in [0.25, 0.3) is 0 Å². The predicted molar refractivity (Wildman–Crippen MR) is 144 cm³/mol. The molecule has 5 rings (SSSR count). The van der Waals surface area contributed by atoms with Crippen molar-refractivity contribution < 1.29 is 27.4 Å². The van der Waals surface area contributed by atoms with E-state index in [4.69, 9.17) is 18.9 Å². The molecule has 0 radical (unpaired) electrons. The van der Waals surface area contributed by atoms with Crippen molar-refractivity contribution in [1.29, 1.82) is 0 Å². The van der Waals surface area contributed by atoms with Gasteiger partial charge in [0.15, 0.2) is 21.9 Å². The Morgan fingerprint density at radius 2 is 1.53 bits per heavy atom. The molecule has 0 spiro atoms. The number of hydrogen-bond donors (Lipinski definition) is 1. The van der Waals surface area contributed by atoms with Gasteiger partial charge in [-0.1, -0.05) is 78.4 Å². The second-order valence-electron chi connectivity index (χ2n) is 10.4. The smallest absolute Gasteiger partial charge is 0.190 e. The van der Waals surface area contributed by atoms with Crippen molar-refractivity contribution in [2.75, 3.05) is 5.75 Å². The van der Waals surface area contributed by atoms with Gasteiger partial charge in [0.2, 0.25) is 0 Å². The van der Waals surface area contributed by atoms with Crippen LogP contribution in [-0.4, -0.2) is 50.6 Å². The summed E-state index contributed by atoms with van der Waals surface area (Å²) >= 11 is 0. The summed E-state index contributed by atoms with van der Waals surface area (Å²) in [7, 11) is -3.63. The zero-order chi connectivity index (χ0) is 26.8. The molecule has 202 valence electrons. The van der Waals surface area contributed by atoms with Crippen LogP contribution >= 0.6 is 0 Å². The molecule has 8 heteroatoms. The van der Waals surface area contributed by atoms with E-state index in [0.29, 0.717) is 13.2 Å². The molecule has 0 unspecified atom stereocenters. The Balaban J connectivity index is 1.42. The van der Waals surface area contributed by atoms with Crippen LogP contribution in [0.4, 0.5) is 0 Å². The van der Waals surface area contributed by atoms with Gasteiger partial charge in [-0.25, -0.2) is 8.42 Å². The minimum atomic E-state index is -3.63. The SMILES string of the molecule is Cc1ccc(S(=O)(=O)C[C@H](NCc2ccccc2)[C@H]2O[C@@H]3OC(C)(C)O[C@@H]3[C@@H]2OCc2ccccc2)cc1. The third kappa shape index (κ3) is 6.34. The first-order chi connectivity index (χ1) is 18.2. The monoisotopic (exact) mass is 537 g/mol. The van der Waals surface area contributed by atoms with Gasteiger partial charge in [-0.05, 0) is 44.0 Å². The van der Waals surface area contributed by atoms with Crippen LogP contribution < -0.4 is 5.32 Å². The highest BCUT2D eigenvalue weighted by molar-refractivity contribution is 7.91. The molecule has 3 aromatic carbocycles. The zero-order valence-corrected chi connectivity index (χ0v) is 22.8. The summed E-state index contributed by atoms with van der Waals surface area (Å²) in [4.78, 5) is 0.281. The first-order valence-corrected chi connectivity index (χ1v) is 14.6. The van der Waals surface area contributed by atoms with E-state index < -0.39 is 46.3 Å². The largest absolute Gasteiger partial charge is 0.368 e. The summed E-state index contributed by atoms with van der Waals surface area (Å²) < 4.78 is 52.1. The van der Waals surface area contributed by atoms with E-state index in [2.05, 4.69) is 5.32 Å². The quantitative estimate of drug-likeness (QED) is 0.411. The van der Waals surface area contributed by atoms with E-state index in [0.717, 1.165) is 16.7 Å². The van der Waals surface area contributed by atoms with E-state index in [1.165, 1.54) is 0 Å². The lowest BCUT2D eigenvalue weighted by Crippen LogP contribution is -2.51. The third-order valence-electron chi connectivity index (χ3n) is 6.90. The molecule has 7 nitrogen and oxygen atoms in total. The summed E-state index contributed by atoms with van der Waals surface area (Å²) in [6.07, 6.45) is -2.29. The number of benzene rings is 3. The molecule has 0 aromatic heterocycles. The number of ether oxygens (including phenoxy) is 4. The Bertz CT molecular complexity index is 1300. The third-order valence-corrected chi connectivity index (χ3v) is 8.69. The fraction of sp³-hybridized carbons (Fsp3) is 0.400. The maximum Gasteiger partial charge on any atom is 0.190 e. The lowest BCUT2D eigenvalue weighted by atomic mass is 10.0. The van der Waals surface area contributed by atoms with E-state index in [1.54, 1.807) is 12.1 Å². The molecule has 0 saturated carbocycles. The van der Waals surface area contributed by atoms with Crippen molar-refractivity contribution >= 4 is 9.84 Å². The number of sulfone groups is 1. The maximum atomic E-state index is 13.6. The molecule has 2 aliphatic heterocycles. The summed E-state index contributed by atoms with van der Waals surface area (Å²) in [5.41, 5.74) is 3.05. The van der Waals surface area contributed by atoms with Crippen molar-refractivity contribution in [3.8, 4) is 0 Å². The fourth-order valence-electron chi connectivity index (χ4n) is 4.98. The summed E-state index contributed by atoms with van der Waals surface area (Å²) in [6.45, 7) is 6.43. The Hall–Kier alpha value is -2.59. The molecule has 1 N–H and O–H groups in total. The van der Waals surface area contributed by atoms with Crippen LogP contribution in [0.5, 0.6) is 0 Å². The normalized spacial score (nSPS) is 25.2. The number of hydrogen-bond acceptors (Lipinski definition) is 7. The molecule has 2 aliphatic rings. The van der Waals surface area contributed by atoms with Crippen LogP contribution in [0.3, 0.4) is 0 Å². The van der Waals surface area contributed by atoms with Gasteiger partial charge < -0.3 is 24.3 Å². The highest BCUT2D eigenvalue weighted by Crippen LogP contribution is 2.40. The molecule has 2 fully saturated rings. The van der Waals surface area contributed by atoms with Crippen molar-refractivity contribution in [3.05, 3.63) is 102 Å². The zero-order valence-electron chi connectivity index (χ0n) is 21.9. The summed E-state index contributed by atoms with van der Waals surface area (Å²) in [5.74, 6) is -0.989. The molecule has 0 bridgehead atoms. The van der Waals surface area contributed by atoms with Gasteiger partial charge in [0.1, 0.15) is 18.3 Å². The minimum absolute atomic E-state index is 0.165. The van der Waals surface area contributed by atoms with Gasteiger partial charge in [0.05, 0.1) is 23.3 Å². The van der Waals surface area contributed by atoms with Gasteiger partial charge in [0, 0.05) is 6.54 Å². The van der Waals surface area contributed by atoms with Crippen LogP contribution in [0, 0.1) is 6.92 Å². The molecular weight excluding hydrogens is 502 g/mol. The minimum Gasteiger partial charge on any atom is -0.368 e. The van der Waals surface area contributed by atoms with Gasteiger partial charge in [-0.15, -0.1) is 0 Å². The van der Waals surface area contributed by atoms with Crippen molar-refractivity contribution in [2.24, 2.45) is 0 Å². The Labute approximate surface area is 225 Å². The van der Waals surface area contributed by atoms with Crippen molar-refractivity contribution in [3.63, 3.8) is 0 Å².